The molecule has 0 amide bonds. The van der Waals surface area contributed by atoms with Gasteiger partial charge in [0.25, 0.3) is 0 Å². The van der Waals surface area contributed by atoms with Gasteiger partial charge in [-0.15, -0.1) is 0 Å². The van der Waals surface area contributed by atoms with Gasteiger partial charge in [-0.1, -0.05) is 6.92 Å². The van der Waals surface area contributed by atoms with Crippen LogP contribution in [0.15, 0.2) is 11.1 Å². The summed E-state index contributed by atoms with van der Waals surface area (Å²) >= 11 is 0. The molecule has 0 N–H and O–H groups in total. The summed E-state index contributed by atoms with van der Waals surface area (Å²) in [6.07, 6.45) is 2.53. The highest BCUT2D eigenvalue weighted by Gasteiger charge is 2.13. The Kier molecular flexibility index (Phi) is 8.06. The van der Waals surface area contributed by atoms with Crippen molar-refractivity contribution in [3.63, 3.8) is 0 Å². The molecular weight excluding hydrogens is 292 g/mol. The third-order valence-electron chi connectivity index (χ3n) is 3.18. The standard InChI is InChI=1S/C17H26N4O2/c1-6-8-22-11-13(3)23-17-15(10-18)9-16(14(4)20-17)19-12-21(5)7-2/h9,12-13H,6-8,11H2,1-5H3. The Balaban J connectivity index is 2.88. The maximum Gasteiger partial charge on any atom is 0.232 e. The molecule has 0 aromatic carbocycles. The Labute approximate surface area is 138 Å². The lowest BCUT2D eigenvalue weighted by Gasteiger charge is -2.16. The van der Waals surface area contributed by atoms with Crippen LogP contribution in [-0.2, 0) is 4.74 Å². The molecule has 1 aromatic heterocycles. The van der Waals surface area contributed by atoms with Crippen molar-refractivity contribution in [1.82, 2.24) is 9.88 Å². The van der Waals surface area contributed by atoms with Crippen LogP contribution in [-0.4, -0.2) is 49.1 Å². The van der Waals surface area contributed by atoms with E-state index < -0.39 is 0 Å². The monoisotopic (exact) mass is 318 g/mol. The lowest BCUT2D eigenvalue weighted by Crippen LogP contribution is -2.20. The van der Waals surface area contributed by atoms with Crippen LogP contribution in [0.3, 0.4) is 0 Å². The number of aromatic nitrogens is 1. The van der Waals surface area contributed by atoms with E-state index in [0.29, 0.717) is 30.3 Å². The molecule has 6 nitrogen and oxygen atoms in total. The third-order valence-corrected chi connectivity index (χ3v) is 3.18. The molecule has 6 heteroatoms. The van der Waals surface area contributed by atoms with Crippen LogP contribution in [0.4, 0.5) is 5.69 Å². The second-order valence-electron chi connectivity index (χ2n) is 5.38. The van der Waals surface area contributed by atoms with E-state index in [0.717, 1.165) is 18.7 Å². The number of rotatable bonds is 9. The molecule has 0 bridgehead atoms. The zero-order valence-corrected chi connectivity index (χ0v) is 14.7. The van der Waals surface area contributed by atoms with E-state index in [1.54, 1.807) is 12.4 Å². The molecule has 1 atom stereocenters. The van der Waals surface area contributed by atoms with E-state index in [1.165, 1.54) is 0 Å². The molecule has 1 aromatic rings. The zero-order chi connectivity index (χ0) is 17.2. The molecule has 1 unspecified atom stereocenters. The highest BCUT2D eigenvalue weighted by atomic mass is 16.5. The smallest absolute Gasteiger partial charge is 0.232 e. The summed E-state index contributed by atoms with van der Waals surface area (Å²) in [5.41, 5.74) is 1.77. The van der Waals surface area contributed by atoms with Gasteiger partial charge in [0.1, 0.15) is 17.7 Å². The highest BCUT2D eigenvalue weighted by Crippen LogP contribution is 2.25. The number of hydrogen-bond donors (Lipinski definition) is 0. The fraction of sp³-hybridized carbons (Fsp3) is 0.588. The average Bonchev–Trinajstić information content (AvgIpc) is 2.54. The van der Waals surface area contributed by atoms with Crippen LogP contribution in [0, 0.1) is 18.3 Å². The quantitative estimate of drug-likeness (QED) is 0.397. The largest absolute Gasteiger partial charge is 0.471 e. The Hall–Kier alpha value is -2.13. The first-order valence-corrected chi connectivity index (χ1v) is 7.92. The minimum Gasteiger partial charge on any atom is -0.471 e. The lowest BCUT2D eigenvalue weighted by atomic mass is 10.2. The molecule has 126 valence electrons. The normalized spacial score (nSPS) is 12.2. The molecule has 0 spiro atoms. The van der Waals surface area contributed by atoms with Crippen LogP contribution in [0.25, 0.3) is 0 Å². The third kappa shape index (κ3) is 6.25. The lowest BCUT2D eigenvalue weighted by molar-refractivity contribution is 0.0566. The predicted octanol–water partition coefficient (Wildman–Crippen LogP) is 3.07. The summed E-state index contributed by atoms with van der Waals surface area (Å²) in [5.74, 6) is 0.334. The maximum atomic E-state index is 9.32. The second kappa shape index (κ2) is 9.80. The van der Waals surface area contributed by atoms with Crippen molar-refractivity contribution >= 4 is 12.0 Å². The molecule has 23 heavy (non-hydrogen) atoms. The van der Waals surface area contributed by atoms with Crippen molar-refractivity contribution in [3.05, 3.63) is 17.3 Å². The van der Waals surface area contributed by atoms with Gasteiger partial charge in [0, 0.05) is 20.2 Å². The van der Waals surface area contributed by atoms with E-state index in [-0.39, 0.29) is 6.10 Å². The summed E-state index contributed by atoms with van der Waals surface area (Å²) in [7, 11) is 1.94. The Morgan fingerprint density at radius 2 is 2.22 bits per heavy atom. The van der Waals surface area contributed by atoms with Gasteiger partial charge in [-0.3, -0.25) is 0 Å². The second-order valence-corrected chi connectivity index (χ2v) is 5.38. The first-order valence-electron chi connectivity index (χ1n) is 7.92. The van der Waals surface area contributed by atoms with Gasteiger partial charge >= 0.3 is 0 Å². The summed E-state index contributed by atoms with van der Waals surface area (Å²) in [6, 6.07) is 3.83. The molecule has 0 saturated carbocycles. The molecule has 0 aliphatic carbocycles. The van der Waals surface area contributed by atoms with E-state index in [2.05, 4.69) is 23.0 Å². The van der Waals surface area contributed by atoms with Crippen LogP contribution in [0.5, 0.6) is 5.88 Å². The van der Waals surface area contributed by atoms with Crippen molar-refractivity contribution in [2.75, 3.05) is 26.8 Å². The summed E-state index contributed by atoms with van der Waals surface area (Å²) in [4.78, 5) is 10.7. The van der Waals surface area contributed by atoms with Crippen LogP contribution in [0.1, 0.15) is 38.4 Å². The first kappa shape index (κ1) is 18.9. The van der Waals surface area contributed by atoms with Gasteiger partial charge < -0.3 is 14.4 Å². The minimum atomic E-state index is -0.166. The van der Waals surface area contributed by atoms with Crippen molar-refractivity contribution in [1.29, 1.82) is 5.26 Å². The van der Waals surface area contributed by atoms with Gasteiger partial charge in [0.05, 0.1) is 24.3 Å². The van der Waals surface area contributed by atoms with Crippen molar-refractivity contribution < 1.29 is 9.47 Å². The zero-order valence-electron chi connectivity index (χ0n) is 14.7. The van der Waals surface area contributed by atoms with Gasteiger partial charge in [0.15, 0.2) is 0 Å². The molecule has 1 rings (SSSR count). The number of pyridine rings is 1. The van der Waals surface area contributed by atoms with E-state index in [4.69, 9.17) is 9.47 Å². The summed E-state index contributed by atoms with van der Waals surface area (Å²) in [6.45, 7) is 9.87. The fourth-order valence-electron chi connectivity index (χ4n) is 1.73. The Morgan fingerprint density at radius 1 is 1.48 bits per heavy atom. The number of hydrogen-bond acceptors (Lipinski definition) is 5. The fourth-order valence-corrected chi connectivity index (χ4v) is 1.73. The number of aryl methyl sites for hydroxylation is 1. The topological polar surface area (TPSA) is 70.7 Å². The molecule has 0 radical (unpaired) electrons. The minimum absolute atomic E-state index is 0.166. The van der Waals surface area contributed by atoms with Crippen LogP contribution in [0.2, 0.25) is 0 Å². The average molecular weight is 318 g/mol. The number of nitriles is 1. The SMILES string of the molecule is CCCOCC(C)Oc1nc(C)c(N=CN(C)CC)cc1C#N. The van der Waals surface area contributed by atoms with Crippen molar-refractivity contribution in [3.8, 4) is 11.9 Å². The maximum absolute atomic E-state index is 9.32. The van der Waals surface area contributed by atoms with Crippen LogP contribution >= 0.6 is 0 Å². The van der Waals surface area contributed by atoms with E-state index in [1.807, 2.05) is 32.7 Å². The van der Waals surface area contributed by atoms with Gasteiger partial charge in [-0.2, -0.15) is 5.26 Å². The summed E-state index contributed by atoms with van der Waals surface area (Å²) in [5, 5.41) is 9.32. The number of aliphatic imine (C=N–C) groups is 1. The number of nitrogens with zero attached hydrogens (tertiary/aromatic N) is 4. The van der Waals surface area contributed by atoms with Crippen molar-refractivity contribution in [2.24, 2.45) is 4.99 Å². The van der Waals surface area contributed by atoms with Crippen molar-refractivity contribution in [2.45, 2.75) is 40.2 Å². The Bertz CT molecular complexity index is 566. The Morgan fingerprint density at radius 3 is 2.83 bits per heavy atom. The molecule has 0 aliphatic heterocycles. The molecule has 1 heterocycles. The van der Waals surface area contributed by atoms with Gasteiger partial charge in [-0.25, -0.2) is 9.98 Å². The van der Waals surface area contributed by atoms with Crippen LogP contribution < -0.4 is 4.74 Å². The molecule has 0 saturated heterocycles. The summed E-state index contributed by atoms with van der Waals surface area (Å²) < 4.78 is 11.2. The van der Waals surface area contributed by atoms with Gasteiger partial charge in [-0.05, 0) is 33.3 Å². The number of ether oxygens (including phenoxy) is 2. The van der Waals surface area contributed by atoms with E-state index >= 15 is 0 Å². The molecular formula is C17H26N4O2. The van der Waals surface area contributed by atoms with E-state index in [9.17, 15) is 5.26 Å². The first-order chi connectivity index (χ1) is 11.0. The van der Waals surface area contributed by atoms with Gasteiger partial charge in [0.2, 0.25) is 5.88 Å². The predicted molar refractivity (Wildman–Crippen MR) is 91.3 cm³/mol. The highest BCUT2D eigenvalue weighted by molar-refractivity contribution is 5.63. The molecule has 0 fully saturated rings. The molecule has 0 aliphatic rings.